The van der Waals surface area contributed by atoms with E-state index in [2.05, 4.69) is 38.0 Å². The van der Waals surface area contributed by atoms with E-state index in [1.807, 2.05) is 60.8 Å². The smallest absolute Gasteiger partial charge is 0.255 e. The summed E-state index contributed by atoms with van der Waals surface area (Å²) in [6.07, 6.45) is -0.340. The van der Waals surface area contributed by atoms with Crippen molar-refractivity contribution < 1.29 is 14.3 Å². The van der Waals surface area contributed by atoms with Gasteiger partial charge in [-0.05, 0) is 37.1 Å². The van der Waals surface area contributed by atoms with E-state index in [4.69, 9.17) is 9.47 Å². The number of aryl methyl sites for hydroxylation is 1. The number of hydrogen-bond donors (Lipinski definition) is 1. The first kappa shape index (κ1) is 22.6. The van der Waals surface area contributed by atoms with E-state index in [1.54, 1.807) is 11.3 Å². The second kappa shape index (κ2) is 9.14. The van der Waals surface area contributed by atoms with Crippen molar-refractivity contribution in [3.8, 4) is 11.3 Å². The van der Waals surface area contributed by atoms with Gasteiger partial charge < -0.3 is 14.8 Å². The molecule has 6 heteroatoms. The van der Waals surface area contributed by atoms with Gasteiger partial charge in [-0.25, -0.2) is 4.98 Å². The zero-order valence-electron chi connectivity index (χ0n) is 19.2. The molecule has 2 heterocycles. The molecule has 1 aliphatic rings. The summed E-state index contributed by atoms with van der Waals surface area (Å²) in [6, 6.07) is 15.2. The highest BCUT2D eigenvalue weighted by Crippen LogP contribution is 2.40. The van der Waals surface area contributed by atoms with Crippen LogP contribution < -0.4 is 5.32 Å². The van der Waals surface area contributed by atoms with Crippen LogP contribution in [-0.4, -0.2) is 23.6 Å². The van der Waals surface area contributed by atoms with Crippen molar-refractivity contribution in [2.75, 3.05) is 11.9 Å². The number of thiazole rings is 1. The van der Waals surface area contributed by atoms with Gasteiger partial charge in [0.2, 0.25) is 0 Å². The number of amides is 1. The monoisotopic (exact) mass is 450 g/mol. The average molecular weight is 451 g/mol. The largest absolute Gasteiger partial charge is 0.348 e. The van der Waals surface area contributed by atoms with Crippen molar-refractivity contribution in [3.63, 3.8) is 0 Å². The lowest BCUT2D eigenvalue weighted by molar-refractivity contribution is -0.274. The highest BCUT2D eigenvalue weighted by Gasteiger charge is 2.40. The molecule has 0 radical (unpaired) electrons. The molecule has 2 aromatic carbocycles. The molecule has 32 heavy (non-hydrogen) atoms. The Labute approximate surface area is 193 Å². The summed E-state index contributed by atoms with van der Waals surface area (Å²) in [4.78, 5) is 17.3. The third kappa shape index (κ3) is 4.93. The van der Waals surface area contributed by atoms with Crippen molar-refractivity contribution in [2.24, 2.45) is 11.3 Å². The number of aromatic nitrogens is 1. The van der Waals surface area contributed by atoms with E-state index in [-0.39, 0.29) is 17.4 Å². The highest BCUT2D eigenvalue weighted by molar-refractivity contribution is 7.09. The van der Waals surface area contributed by atoms with E-state index in [0.29, 0.717) is 23.8 Å². The SMILES string of the molecule is Cc1nc(-c2ccc(C(=O)Nc3cccc([C@@H]4OCC(C)(C)[C@@H](C(C)C)O4)c3)cc2)cs1. The van der Waals surface area contributed by atoms with Gasteiger partial charge in [0.25, 0.3) is 5.91 Å². The third-order valence-electron chi connectivity index (χ3n) is 5.73. The number of rotatable bonds is 5. The summed E-state index contributed by atoms with van der Waals surface area (Å²) in [7, 11) is 0. The molecular weight excluding hydrogens is 420 g/mol. The van der Waals surface area contributed by atoms with Gasteiger partial charge in [-0.1, -0.05) is 52.0 Å². The minimum atomic E-state index is -0.437. The Balaban J connectivity index is 1.45. The maximum atomic E-state index is 12.8. The molecule has 5 nitrogen and oxygen atoms in total. The molecule has 0 unspecified atom stereocenters. The quantitative estimate of drug-likeness (QED) is 0.484. The number of nitrogens with zero attached hydrogens (tertiary/aromatic N) is 1. The van der Waals surface area contributed by atoms with Crippen molar-refractivity contribution in [1.82, 2.24) is 4.98 Å². The Hall–Kier alpha value is -2.54. The van der Waals surface area contributed by atoms with E-state index in [0.717, 1.165) is 21.8 Å². The topological polar surface area (TPSA) is 60.5 Å². The molecule has 1 fully saturated rings. The second-order valence-corrected chi connectivity index (χ2v) is 10.4. The van der Waals surface area contributed by atoms with Crippen LogP contribution >= 0.6 is 11.3 Å². The Morgan fingerprint density at radius 1 is 1.19 bits per heavy atom. The fourth-order valence-electron chi connectivity index (χ4n) is 4.22. The number of carbonyl (C=O) groups excluding carboxylic acids is 1. The molecule has 168 valence electrons. The lowest BCUT2D eigenvalue weighted by atomic mass is 9.80. The number of ether oxygens (including phenoxy) is 2. The van der Waals surface area contributed by atoms with Crippen LogP contribution in [0.15, 0.2) is 53.9 Å². The minimum Gasteiger partial charge on any atom is -0.348 e. The molecule has 2 atom stereocenters. The minimum absolute atomic E-state index is 0.0418. The maximum absolute atomic E-state index is 12.8. The average Bonchev–Trinajstić information content (AvgIpc) is 3.20. The summed E-state index contributed by atoms with van der Waals surface area (Å²) < 4.78 is 12.3. The maximum Gasteiger partial charge on any atom is 0.255 e. The van der Waals surface area contributed by atoms with E-state index >= 15 is 0 Å². The highest BCUT2D eigenvalue weighted by atomic mass is 32.1. The van der Waals surface area contributed by atoms with Crippen molar-refractivity contribution in [1.29, 1.82) is 0 Å². The van der Waals surface area contributed by atoms with Crippen LogP contribution in [0.4, 0.5) is 5.69 Å². The molecule has 0 bridgehead atoms. The fourth-order valence-corrected chi connectivity index (χ4v) is 4.84. The first-order valence-corrected chi connectivity index (χ1v) is 11.8. The van der Waals surface area contributed by atoms with E-state index in [1.165, 1.54) is 0 Å². The third-order valence-corrected chi connectivity index (χ3v) is 6.50. The number of nitrogens with one attached hydrogen (secondary N) is 1. The number of hydrogen-bond acceptors (Lipinski definition) is 5. The van der Waals surface area contributed by atoms with Crippen LogP contribution in [-0.2, 0) is 9.47 Å². The molecule has 1 saturated heterocycles. The molecule has 0 saturated carbocycles. The van der Waals surface area contributed by atoms with Gasteiger partial charge in [-0.2, -0.15) is 0 Å². The van der Waals surface area contributed by atoms with Gasteiger partial charge in [0, 0.05) is 33.2 Å². The standard InChI is InChI=1S/C26H30N2O3S/c1-16(2)23-26(4,5)15-30-25(31-23)20-7-6-8-21(13-20)28-24(29)19-11-9-18(10-12-19)22-14-32-17(3)27-22/h6-14,16,23,25H,15H2,1-5H3,(H,28,29)/t23-,25-/m1/s1. The molecule has 0 aliphatic carbocycles. The summed E-state index contributed by atoms with van der Waals surface area (Å²) in [6.45, 7) is 11.3. The predicted molar refractivity (Wildman–Crippen MR) is 129 cm³/mol. The normalized spacial score (nSPS) is 20.3. The molecule has 0 spiro atoms. The Morgan fingerprint density at radius 3 is 2.59 bits per heavy atom. The molecule has 1 amide bonds. The first-order valence-electron chi connectivity index (χ1n) is 10.9. The zero-order valence-corrected chi connectivity index (χ0v) is 20.0. The summed E-state index contributed by atoms with van der Waals surface area (Å²) in [5.41, 5.74) is 4.10. The van der Waals surface area contributed by atoms with Gasteiger partial charge in [0.1, 0.15) is 0 Å². The Morgan fingerprint density at radius 2 is 1.94 bits per heavy atom. The molecule has 4 rings (SSSR count). The van der Waals surface area contributed by atoms with Crippen LogP contribution in [0.5, 0.6) is 0 Å². The number of anilines is 1. The summed E-state index contributed by atoms with van der Waals surface area (Å²) >= 11 is 1.62. The lowest BCUT2D eigenvalue weighted by Gasteiger charge is -2.44. The van der Waals surface area contributed by atoms with Crippen LogP contribution in [0.1, 0.15) is 54.9 Å². The Kier molecular flexibility index (Phi) is 6.47. The molecule has 1 aliphatic heterocycles. The molecule has 1 aromatic heterocycles. The van der Waals surface area contributed by atoms with Crippen LogP contribution in [0.25, 0.3) is 11.3 Å². The summed E-state index contributed by atoms with van der Waals surface area (Å²) in [5, 5.41) is 6.04. The lowest BCUT2D eigenvalue weighted by Crippen LogP contribution is -2.45. The van der Waals surface area contributed by atoms with Crippen molar-refractivity contribution in [3.05, 3.63) is 70.0 Å². The van der Waals surface area contributed by atoms with Crippen LogP contribution in [0, 0.1) is 18.3 Å². The molecular formula is C26H30N2O3S. The van der Waals surface area contributed by atoms with Gasteiger partial charge in [-0.3, -0.25) is 4.79 Å². The summed E-state index contributed by atoms with van der Waals surface area (Å²) in [5.74, 6) is 0.227. The molecule has 3 aromatic rings. The van der Waals surface area contributed by atoms with Gasteiger partial charge >= 0.3 is 0 Å². The first-order chi connectivity index (χ1) is 15.2. The zero-order chi connectivity index (χ0) is 22.9. The van der Waals surface area contributed by atoms with Crippen molar-refractivity contribution >= 4 is 22.9 Å². The van der Waals surface area contributed by atoms with E-state index < -0.39 is 6.29 Å². The van der Waals surface area contributed by atoms with Crippen molar-refractivity contribution in [2.45, 2.75) is 47.0 Å². The Bertz CT molecular complexity index is 1090. The fraction of sp³-hybridized carbons (Fsp3) is 0.385. The van der Waals surface area contributed by atoms with Gasteiger partial charge in [-0.15, -0.1) is 11.3 Å². The molecule has 1 N–H and O–H groups in total. The van der Waals surface area contributed by atoms with E-state index in [9.17, 15) is 4.79 Å². The van der Waals surface area contributed by atoms with Gasteiger partial charge in [0.05, 0.1) is 23.4 Å². The number of carbonyl (C=O) groups is 1. The van der Waals surface area contributed by atoms with Crippen LogP contribution in [0.3, 0.4) is 0 Å². The number of benzene rings is 2. The van der Waals surface area contributed by atoms with Crippen LogP contribution in [0.2, 0.25) is 0 Å². The van der Waals surface area contributed by atoms with Gasteiger partial charge in [0.15, 0.2) is 6.29 Å². The predicted octanol–water partition coefficient (Wildman–Crippen LogP) is 6.47. The second-order valence-electron chi connectivity index (χ2n) is 9.34.